The van der Waals surface area contributed by atoms with E-state index in [0.717, 1.165) is 13.0 Å². The van der Waals surface area contributed by atoms with Crippen molar-refractivity contribution in [3.05, 3.63) is 35.6 Å². The highest BCUT2D eigenvalue weighted by Gasteiger charge is 2.34. The maximum Gasteiger partial charge on any atom is 0.123 e. The zero-order chi connectivity index (χ0) is 10.7. The Bertz CT molecular complexity index is 312. The zero-order valence-corrected chi connectivity index (χ0v) is 9.01. The van der Waals surface area contributed by atoms with Gasteiger partial charge in [0.2, 0.25) is 0 Å². The highest BCUT2D eigenvalue weighted by molar-refractivity contribution is 5.27. The molecule has 0 saturated heterocycles. The summed E-state index contributed by atoms with van der Waals surface area (Å²) in [4.78, 5) is 0. The standard InChI is InChI=1S/C13H18FN/c14-12-5-3-11(4-6-12)13(9-10-15)7-1-2-8-13/h3-6H,1-2,7-10,15H2. The lowest BCUT2D eigenvalue weighted by Crippen LogP contribution is -2.25. The number of benzene rings is 1. The summed E-state index contributed by atoms with van der Waals surface area (Å²) in [5.41, 5.74) is 7.20. The fourth-order valence-electron chi connectivity index (χ4n) is 2.81. The Labute approximate surface area is 90.5 Å². The van der Waals surface area contributed by atoms with Crippen LogP contribution in [0.15, 0.2) is 24.3 Å². The van der Waals surface area contributed by atoms with Crippen LogP contribution in [0.3, 0.4) is 0 Å². The lowest BCUT2D eigenvalue weighted by molar-refractivity contribution is 0.411. The van der Waals surface area contributed by atoms with Crippen LogP contribution in [0.4, 0.5) is 4.39 Å². The van der Waals surface area contributed by atoms with Gasteiger partial charge in [0.25, 0.3) is 0 Å². The molecule has 1 saturated carbocycles. The lowest BCUT2D eigenvalue weighted by Gasteiger charge is -2.29. The van der Waals surface area contributed by atoms with E-state index >= 15 is 0 Å². The number of nitrogens with two attached hydrogens (primary N) is 1. The fourth-order valence-corrected chi connectivity index (χ4v) is 2.81. The number of hydrogen-bond acceptors (Lipinski definition) is 1. The van der Waals surface area contributed by atoms with Crippen LogP contribution in [-0.4, -0.2) is 6.54 Å². The molecule has 1 aromatic rings. The molecule has 0 heterocycles. The minimum absolute atomic E-state index is 0.153. The van der Waals surface area contributed by atoms with Crippen LogP contribution in [0.2, 0.25) is 0 Å². The van der Waals surface area contributed by atoms with E-state index < -0.39 is 0 Å². The van der Waals surface area contributed by atoms with Gasteiger partial charge < -0.3 is 5.73 Å². The average molecular weight is 207 g/mol. The summed E-state index contributed by atoms with van der Waals surface area (Å²) in [7, 11) is 0. The molecule has 0 radical (unpaired) electrons. The van der Waals surface area contributed by atoms with Crippen LogP contribution in [0, 0.1) is 5.82 Å². The smallest absolute Gasteiger partial charge is 0.123 e. The van der Waals surface area contributed by atoms with Crippen molar-refractivity contribution in [1.29, 1.82) is 0 Å². The Morgan fingerprint density at radius 3 is 2.27 bits per heavy atom. The first-order chi connectivity index (χ1) is 7.27. The molecule has 0 aliphatic heterocycles. The predicted octanol–water partition coefficient (Wildman–Crippen LogP) is 2.99. The summed E-state index contributed by atoms with van der Waals surface area (Å²) in [5.74, 6) is -0.153. The summed E-state index contributed by atoms with van der Waals surface area (Å²) in [6, 6.07) is 6.98. The molecule has 15 heavy (non-hydrogen) atoms. The van der Waals surface area contributed by atoms with E-state index in [2.05, 4.69) is 0 Å². The normalized spacial score (nSPS) is 19.3. The van der Waals surface area contributed by atoms with Crippen molar-refractivity contribution >= 4 is 0 Å². The van der Waals surface area contributed by atoms with E-state index in [1.54, 1.807) is 12.1 Å². The van der Waals surface area contributed by atoms with Gasteiger partial charge in [0, 0.05) is 0 Å². The van der Waals surface area contributed by atoms with Crippen molar-refractivity contribution in [1.82, 2.24) is 0 Å². The molecule has 2 rings (SSSR count). The molecule has 0 amide bonds. The Kier molecular flexibility index (Phi) is 3.06. The Balaban J connectivity index is 2.28. The Hall–Kier alpha value is -0.890. The molecule has 1 fully saturated rings. The van der Waals surface area contributed by atoms with E-state index in [-0.39, 0.29) is 11.2 Å². The molecule has 0 atom stereocenters. The maximum atomic E-state index is 12.9. The molecule has 2 N–H and O–H groups in total. The van der Waals surface area contributed by atoms with Crippen molar-refractivity contribution < 1.29 is 4.39 Å². The molecule has 1 aliphatic rings. The van der Waals surface area contributed by atoms with Crippen molar-refractivity contribution in [3.8, 4) is 0 Å². The predicted molar refractivity (Wildman–Crippen MR) is 60.2 cm³/mol. The van der Waals surface area contributed by atoms with E-state index in [4.69, 9.17) is 5.73 Å². The number of rotatable bonds is 3. The minimum atomic E-state index is -0.153. The van der Waals surface area contributed by atoms with Crippen LogP contribution in [0.25, 0.3) is 0 Å². The maximum absolute atomic E-state index is 12.9. The number of hydrogen-bond donors (Lipinski definition) is 1. The van der Waals surface area contributed by atoms with Gasteiger partial charge in [0.05, 0.1) is 0 Å². The Morgan fingerprint density at radius 1 is 1.13 bits per heavy atom. The van der Waals surface area contributed by atoms with Crippen LogP contribution in [0.5, 0.6) is 0 Å². The molecule has 82 valence electrons. The van der Waals surface area contributed by atoms with E-state index in [1.165, 1.54) is 31.2 Å². The van der Waals surface area contributed by atoms with Crippen LogP contribution < -0.4 is 5.73 Å². The fraction of sp³-hybridized carbons (Fsp3) is 0.538. The second kappa shape index (κ2) is 4.31. The molecular formula is C13H18FN. The first-order valence-corrected chi connectivity index (χ1v) is 5.73. The molecule has 0 unspecified atom stereocenters. The second-order valence-corrected chi connectivity index (χ2v) is 4.53. The summed E-state index contributed by atoms with van der Waals surface area (Å²) in [6.45, 7) is 0.720. The van der Waals surface area contributed by atoms with Gasteiger partial charge in [-0.15, -0.1) is 0 Å². The van der Waals surface area contributed by atoms with Gasteiger partial charge in [-0.25, -0.2) is 4.39 Å². The first-order valence-electron chi connectivity index (χ1n) is 5.73. The lowest BCUT2D eigenvalue weighted by atomic mass is 9.76. The van der Waals surface area contributed by atoms with E-state index in [0.29, 0.717) is 0 Å². The number of halogens is 1. The molecule has 1 aliphatic carbocycles. The molecule has 1 nitrogen and oxygen atoms in total. The zero-order valence-electron chi connectivity index (χ0n) is 9.01. The quantitative estimate of drug-likeness (QED) is 0.810. The largest absolute Gasteiger partial charge is 0.330 e. The van der Waals surface area contributed by atoms with Crippen molar-refractivity contribution in [2.75, 3.05) is 6.54 Å². The topological polar surface area (TPSA) is 26.0 Å². The monoisotopic (exact) mass is 207 g/mol. The van der Waals surface area contributed by atoms with Gasteiger partial charge in [0.15, 0.2) is 0 Å². The van der Waals surface area contributed by atoms with Gasteiger partial charge in [-0.3, -0.25) is 0 Å². The summed E-state index contributed by atoms with van der Waals surface area (Å²) < 4.78 is 12.9. The third-order valence-corrected chi connectivity index (χ3v) is 3.64. The second-order valence-electron chi connectivity index (χ2n) is 4.53. The molecule has 0 aromatic heterocycles. The van der Waals surface area contributed by atoms with Crippen molar-refractivity contribution in [3.63, 3.8) is 0 Å². The van der Waals surface area contributed by atoms with E-state index in [1.807, 2.05) is 12.1 Å². The summed E-state index contributed by atoms with van der Waals surface area (Å²) in [5, 5.41) is 0. The van der Waals surface area contributed by atoms with Crippen LogP contribution in [-0.2, 0) is 5.41 Å². The summed E-state index contributed by atoms with van der Waals surface area (Å²) in [6.07, 6.45) is 5.99. The molecular weight excluding hydrogens is 189 g/mol. The molecule has 1 aromatic carbocycles. The average Bonchev–Trinajstić information content (AvgIpc) is 2.69. The van der Waals surface area contributed by atoms with E-state index in [9.17, 15) is 4.39 Å². The van der Waals surface area contributed by atoms with Gasteiger partial charge >= 0.3 is 0 Å². The molecule has 0 bridgehead atoms. The minimum Gasteiger partial charge on any atom is -0.330 e. The Morgan fingerprint density at radius 2 is 1.73 bits per heavy atom. The van der Waals surface area contributed by atoms with Crippen molar-refractivity contribution in [2.24, 2.45) is 5.73 Å². The van der Waals surface area contributed by atoms with Gasteiger partial charge in [-0.2, -0.15) is 0 Å². The van der Waals surface area contributed by atoms with Crippen LogP contribution in [0.1, 0.15) is 37.7 Å². The molecule has 2 heteroatoms. The highest BCUT2D eigenvalue weighted by atomic mass is 19.1. The SMILES string of the molecule is NCCC1(c2ccc(F)cc2)CCCC1. The highest BCUT2D eigenvalue weighted by Crippen LogP contribution is 2.43. The van der Waals surface area contributed by atoms with Gasteiger partial charge in [-0.1, -0.05) is 25.0 Å². The third-order valence-electron chi connectivity index (χ3n) is 3.64. The summed E-state index contributed by atoms with van der Waals surface area (Å²) >= 11 is 0. The van der Waals surface area contributed by atoms with Gasteiger partial charge in [-0.05, 0) is 48.9 Å². The van der Waals surface area contributed by atoms with Crippen molar-refractivity contribution in [2.45, 2.75) is 37.5 Å². The van der Waals surface area contributed by atoms with Gasteiger partial charge in [0.1, 0.15) is 5.82 Å². The first kappa shape index (κ1) is 10.6. The van der Waals surface area contributed by atoms with Crippen LogP contribution >= 0.6 is 0 Å². The molecule has 0 spiro atoms. The third kappa shape index (κ3) is 2.05.